The molecule has 5 nitrogen and oxygen atoms in total. The lowest BCUT2D eigenvalue weighted by molar-refractivity contribution is -0.125. The van der Waals surface area contributed by atoms with Crippen LogP contribution in [0, 0.1) is 0 Å². The van der Waals surface area contributed by atoms with Crippen LogP contribution in [0.4, 0.5) is 0 Å². The summed E-state index contributed by atoms with van der Waals surface area (Å²) in [5, 5.41) is 2.94. The molecule has 0 heterocycles. The zero-order valence-corrected chi connectivity index (χ0v) is 8.59. The molecule has 0 aromatic heterocycles. The van der Waals surface area contributed by atoms with E-state index in [9.17, 15) is 4.79 Å². The van der Waals surface area contributed by atoms with Crippen LogP contribution in [-0.4, -0.2) is 38.5 Å². The Balaban J connectivity index is 3.92. The average molecular weight is 190 g/mol. The Morgan fingerprint density at radius 1 is 1.46 bits per heavy atom. The number of carbonyl (C=O) groups is 1. The van der Waals surface area contributed by atoms with Gasteiger partial charge in [0, 0.05) is 20.8 Å². The van der Waals surface area contributed by atoms with Crippen molar-refractivity contribution < 1.29 is 14.3 Å². The van der Waals surface area contributed by atoms with Crippen molar-refractivity contribution >= 4 is 5.91 Å². The van der Waals surface area contributed by atoms with Crippen LogP contribution in [-0.2, 0) is 14.3 Å². The van der Waals surface area contributed by atoms with Crippen LogP contribution in [0.3, 0.4) is 0 Å². The van der Waals surface area contributed by atoms with Gasteiger partial charge in [0.25, 0.3) is 0 Å². The van der Waals surface area contributed by atoms with Gasteiger partial charge in [0.05, 0.1) is 5.54 Å². The number of hydrogen-bond acceptors (Lipinski definition) is 4. The van der Waals surface area contributed by atoms with Crippen LogP contribution >= 0.6 is 0 Å². The fraction of sp³-hybridized carbons (Fsp3) is 0.875. The van der Waals surface area contributed by atoms with Crippen molar-refractivity contribution in [2.24, 2.45) is 5.73 Å². The quantitative estimate of drug-likeness (QED) is 0.552. The number of amides is 1. The molecule has 3 N–H and O–H groups in total. The van der Waals surface area contributed by atoms with Gasteiger partial charge < -0.3 is 15.2 Å². The first-order valence-corrected chi connectivity index (χ1v) is 4.04. The Morgan fingerprint density at radius 2 is 1.92 bits per heavy atom. The van der Waals surface area contributed by atoms with Crippen molar-refractivity contribution in [1.82, 2.24) is 5.32 Å². The minimum atomic E-state index is -0.741. The molecule has 0 fully saturated rings. The van der Waals surface area contributed by atoms with Crippen LogP contribution in [0.2, 0.25) is 0 Å². The van der Waals surface area contributed by atoms with Crippen molar-refractivity contribution in [2.45, 2.75) is 25.7 Å². The number of nitrogens with one attached hydrogen (secondary N) is 1. The van der Waals surface area contributed by atoms with E-state index < -0.39 is 11.4 Å². The highest BCUT2D eigenvalue weighted by molar-refractivity contribution is 5.83. The summed E-state index contributed by atoms with van der Waals surface area (Å²) in [6.07, 6.45) is -0.362. The Morgan fingerprint density at radius 3 is 2.23 bits per heavy atom. The molecule has 5 heteroatoms. The van der Waals surface area contributed by atoms with E-state index in [4.69, 9.17) is 15.2 Å². The summed E-state index contributed by atoms with van der Waals surface area (Å²) in [6, 6.07) is 0. The number of primary amides is 1. The number of carbonyl (C=O) groups excluding carboxylic acids is 1. The number of nitrogens with two attached hydrogens (primary N) is 1. The van der Waals surface area contributed by atoms with Crippen LogP contribution in [0.1, 0.15) is 13.8 Å². The second kappa shape index (κ2) is 5.16. The maximum absolute atomic E-state index is 10.9. The molecular formula is C8H18N2O3. The predicted molar refractivity (Wildman–Crippen MR) is 49.1 cm³/mol. The van der Waals surface area contributed by atoms with Gasteiger partial charge in [-0.05, 0) is 13.8 Å². The number of rotatable bonds is 6. The molecule has 13 heavy (non-hydrogen) atoms. The van der Waals surface area contributed by atoms with Gasteiger partial charge in [0.2, 0.25) is 5.91 Å². The third kappa shape index (κ3) is 4.21. The minimum absolute atomic E-state index is 0.362. The van der Waals surface area contributed by atoms with Gasteiger partial charge >= 0.3 is 0 Å². The molecule has 0 aliphatic rings. The van der Waals surface area contributed by atoms with Crippen molar-refractivity contribution in [3.05, 3.63) is 0 Å². The third-order valence-electron chi connectivity index (χ3n) is 1.85. The zero-order chi connectivity index (χ0) is 10.5. The van der Waals surface area contributed by atoms with E-state index >= 15 is 0 Å². The highest BCUT2D eigenvalue weighted by Gasteiger charge is 2.24. The van der Waals surface area contributed by atoms with E-state index in [1.807, 2.05) is 0 Å². The summed E-state index contributed by atoms with van der Waals surface area (Å²) in [7, 11) is 3.07. The molecule has 0 aromatic rings. The SMILES string of the molecule is COC(CNC(C)(C)C(N)=O)OC. The third-order valence-corrected chi connectivity index (χ3v) is 1.85. The molecule has 0 rings (SSSR count). The summed E-state index contributed by atoms with van der Waals surface area (Å²) >= 11 is 0. The summed E-state index contributed by atoms with van der Waals surface area (Å²) in [5.41, 5.74) is 4.42. The van der Waals surface area contributed by atoms with Crippen molar-refractivity contribution in [3.8, 4) is 0 Å². The zero-order valence-electron chi connectivity index (χ0n) is 8.59. The van der Waals surface area contributed by atoms with Gasteiger partial charge in [-0.25, -0.2) is 0 Å². The standard InChI is InChI=1S/C8H18N2O3/c1-8(2,7(9)11)10-5-6(12-3)13-4/h6,10H,5H2,1-4H3,(H2,9,11). The first kappa shape index (κ1) is 12.3. The summed E-state index contributed by atoms with van der Waals surface area (Å²) in [5.74, 6) is -0.404. The highest BCUT2D eigenvalue weighted by atomic mass is 16.7. The first-order valence-electron chi connectivity index (χ1n) is 4.04. The lowest BCUT2D eigenvalue weighted by Gasteiger charge is -2.24. The number of hydrogen-bond donors (Lipinski definition) is 2. The van der Waals surface area contributed by atoms with Gasteiger partial charge in [-0.3, -0.25) is 10.1 Å². The first-order chi connectivity index (χ1) is 5.94. The molecular weight excluding hydrogens is 172 g/mol. The van der Waals surface area contributed by atoms with E-state index in [0.29, 0.717) is 6.54 Å². The molecule has 0 aliphatic carbocycles. The topological polar surface area (TPSA) is 73.6 Å². The molecule has 1 amide bonds. The molecule has 0 saturated carbocycles. The Hall–Kier alpha value is -0.650. The maximum Gasteiger partial charge on any atom is 0.237 e. The summed E-state index contributed by atoms with van der Waals surface area (Å²) in [4.78, 5) is 10.9. The molecule has 0 unspecified atom stereocenters. The molecule has 78 valence electrons. The van der Waals surface area contributed by atoms with Crippen LogP contribution in [0.5, 0.6) is 0 Å². The summed E-state index contributed by atoms with van der Waals surface area (Å²) < 4.78 is 9.88. The lowest BCUT2D eigenvalue weighted by atomic mass is 10.1. The van der Waals surface area contributed by atoms with Gasteiger partial charge in [-0.2, -0.15) is 0 Å². The minimum Gasteiger partial charge on any atom is -0.368 e. The van der Waals surface area contributed by atoms with E-state index in [-0.39, 0.29) is 6.29 Å². The van der Waals surface area contributed by atoms with Gasteiger partial charge in [-0.15, -0.1) is 0 Å². The van der Waals surface area contributed by atoms with Crippen molar-refractivity contribution in [3.63, 3.8) is 0 Å². The van der Waals surface area contributed by atoms with Crippen molar-refractivity contribution in [2.75, 3.05) is 20.8 Å². The molecule has 0 aliphatic heterocycles. The van der Waals surface area contributed by atoms with E-state index in [1.165, 1.54) is 14.2 Å². The number of methoxy groups -OCH3 is 2. The van der Waals surface area contributed by atoms with Gasteiger partial charge in [-0.1, -0.05) is 0 Å². The molecule has 0 atom stereocenters. The predicted octanol–water partition coefficient (Wildman–Crippen LogP) is -0.541. The smallest absolute Gasteiger partial charge is 0.237 e. The Kier molecular flexibility index (Phi) is 4.90. The monoisotopic (exact) mass is 190 g/mol. The molecule has 0 aromatic carbocycles. The molecule has 0 radical (unpaired) electrons. The molecule has 0 saturated heterocycles. The second-order valence-electron chi connectivity index (χ2n) is 3.27. The second-order valence-corrected chi connectivity index (χ2v) is 3.27. The fourth-order valence-corrected chi connectivity index (χ4v) is 0.688. The molecule has 0 bridgehead atoms. The summed E-state index contributed by atoms with van der Waals surface area (Å²) in [6.45, 7) is 3.83. The molecule has 0 spiro atoms. The normalized spacial score (nSPS) is 12.1. The van der Waals surface area contributed by atoms with Gasteiger partial charge in [0.1, 0.15) is 0 Å². The lowest BCUT2D eigenvalue weighted by Crippen LogP contribution is -2.53. The average Bonchev–Trinajstić information content (AvgIpc) is 2.06. The van der Waals surface area contributed by atoms with E-state index in [0.717, 1.165) is 0 Å². The van der Waals surface area contributed by atoms with Crippen LogP contribution < -0.4 is 11.1 Å². The maximum atomic E-state index is 10.9. The Bertz CT molecular complexity index is 167. The Labute approximate surface area is 78.6 Å². The van der Waals surface area contributed by atoms with E-state index in [1.54, 1.807) is 13.8 Å². The van der Waals surface area contributed by atoms with Crippen LogP contribution in [0.25, 0.3) is 0 Å². The fourth-order valence-electron chi connectivity index (χ4n) is 0.688. The van der Waals surface area contributed by atoms with E-state index in [2.05, 4.69) is 5.32 Å². The van der Waals surface area contributed by atoms with Crippen molar-refractivity contribution in [1.29, 1.82) is 0 Å². The van der Waals surface area contributed by atoms with Gasteiger partial charge in [0.15, 0.2) is 6.29 Å². The highest BCUT2D eigenvalue weighted by Crippen LogP contribution is 2.01. The van der Waals surface area contributed by atoms with Crippen LogP contribution in [0.15, 0.2) is 0 Å². The number of ether oxygens (including phenoxy) is 2. The largest absolute Gasteiger partial charge is 0.368 e.